The van der Waals surface area contributed by atoms with E-state index in [1.54, 1.807) is 0 Å². The van der Waals surface area contributed by atoms with E-state index < -0.39 is 0 Å². The van der Waals surface area contributed by atoms with Crippen LogP contribution in [0.25, 0.3) is 5.57 Å². The van der Waals surface area contributed by atoms with Crippen molar-refractivity contribution in [3.63, 3.8) is 0 Å². The topological polar surface area (TPSA) is 27.7 Å². The molecule has 1 aliphatic heterocycles. The summed E-state index contributed by atoms with van der Waals surface area (Å²) < 4.78 is 17.4. The van der Waals surface area contributed by atoms with Crippen LogP contribution < -0.4 is 4.74 Å². The Hall–Kier alpha value is -2.10. The van der Waals surface area contributed by atoms with Gasteiger partial charge in [0.15, 0.2) is 5.79 Å². The number of hydrogen-bond acceptors (Lipinski definition) is 3. The zero-order valence-corrected chi connectivity index (χ0v) is 13.7. The minimum Gasteiger partial charge on any atom is -0.488 e. The minimum atomic E-state index is -0.354. The highest BCUT2D eigenvalue weighted by Crippen LogP contribution is 2.38. The van der Waals surface area contributed by atoms with Gasteiger partial charge < -0.3 is 14.2 Å². The molecule has 3 nitrogen and oxygen atoms in total. The molecule has 1 heterocycles. The zero-order valence-electron chi connectivity index (χ0n) is 13.7. The fourth-order valence-electron chi connectivity index (χ4n) is 3.32. The molecule has 0 amide bonds. The van der Waals surface area contributed by atoms with Gasteiger partial charge in [0.05, 0.1) is 13.2 Å². The Morgan fingerprint density at radius 1 is 1.08 bits per heavy atom. The molecule has 1 radical (unpaired) electrons. The van der Waals surface area contributed by atoms with Gasteiger partial charge >= 0.3 is 0 Å². The fraction of sp³-hybridized carbons (Fsp3) is 0.333. The van der Waals surface area contributed by atoms with Crippen molar-refractivity contribution in [1.29, 1.82) is 0 Å². The summed E-state index contributed by atoms with van der Waals surface area (Å²) in [5, 5.41) is 0. The van der Waals surface area contributed by atoms with E-state index in [4.69, 9.17) is 14.2 Å². The summed E-state index contributed by atoms with van der Waals surface area (Å²) in [6.45, 7) is 1.98. The molecule has 0 atom stereocenters. The number of benzene rings is 2. The lowest BCUT2D eigenvalue weighted by molar-refractivity contribution is -0.159. The van der Waals surface area contributed by atoms with Crippen molar-refractivity contribution in [1.82, 2.24) is 0 Å². The van der Waals surface area contributed by atoms with E-state index in [9.17, 15) is 0 Å². The van der Waals surface area contributed by atoms with Gasteiger partial charge in [-0.3, -0.25) is 0 Å². The molecule has 2 aromatic rings. The lowest BCUT2D eigenvalue weighted by Gasteiger charge is -2.30. The van der Waals surface area contributed by atoms with Crippen LogP contribution in [0.1, 0.15) is 30.4 Å². The van der Waals surface area contributed by atoms with Gasteiger partial charge in [0.25, 0.3) is 0 Å². The molecule has 3 heteroatoms. The highest BCUT2D eigenvalue weighted by atomic mass is 16.7. The van der Waals surface area contributed by atoms with E-state index in [0.717, 1.165) is 25.0 Å². The Balaban J connectivity index is 1.44. The number of allylic oxidation sites excluding steroid dienone is 1. The number of rotatable bonds is 4. The second-order valence-corrected chi connectivity index (χ2v) is 6.26. The first-order valence-corrected chi connectivity index (χ1v) is 8.49. The number of para-hydroxylation sites is 1. The van der Waals surface area contributed by atoms with Gasteiger partial charge in [-0.1, -0.05) is 42.5 Å². The van der Waals surface area contributed by atoms with Crippen LogP contribution in [0.4, 0.5) is 0 Å². The smallest absolute Gasteiger partial charge is 0.172 e. The molecule has 1 fully saturated rings. The Labute approximate surface area is 142 Å². The van der Waals surface area contributed by atoms with Gasteiger partial charge in [0.1, 0.15) is 12.4 Å². The average molecular weight is 321 g/mol. The number of hydrogen-bond donors (Lipinski definition) is 0. The Morgan fingerprint density at radius 3 is 2.75 bits per heavy atom. The molecule has 0 saturated carbocycles. The van der Waals surface area contributed by atoms with Gasteiger partial charge in [-0.05, 0) is 35.3 Å². The van der Waals surface area contributed by atoms with Gasteiger partial charge in [0, 0.05) is 18.9 Å². The SMILES string of the molecule is [c]1ccccc1OCc1cccc(C2=CCC3(CC2)OCCO3)c1. The first kappa shape index (κ1) is 15.4. The minimum absolute atomic E-state index is 0.354. The standard InChI is InChI=1S/C21H21O3/c1-2-7-20(8-3-1)22-16-17-5-4-6-19(15-17)18-9-11-21(12-10-18)23-13-14-24-21/h1-7,9,15H,10-14,16H2. The third-order valence-electron chi connectivity index (χ3n) is 4.62. The van der Waals surface area contributed by atoms with Crippen LogP contribution in [0.15, 0.2) is 54.6 Å². The van der Waals surface area contributed by atoms with Crippen LogP contribution in [0, 0.1) is 6.07 Å². The maximum atomic E-state index is 5.80. The van der Waals surface area contributed by atoms with Crippen LogP contribution in [0.3, 0.4) is 0 Å². The highest BCUT2D eigenvalue weighted by molar-refractivity contribution is 5.67. The molecule has 4 rings (SSSR count). The van der Waals surface area contributed by atoms with Crippen LogP contribution >= 0.6 is 0 Å². The Kier molecular flexibility index (Phi) is 4.37. The fourth-order valence-corrected chi connectivity index (χ4v) is 3.32. The highest BCUT2D eigenvalue weighted by Gasteiger charge is 2.37. The van der Waals surface area contributed by atoms with E-state index in [1.165, 1.54) is 16.7 Å². The molecule has 0 N–H and O–H groups in total. The molecule has 1 spiro atoms. The molecular weight excluding hydrogens is 300 g/mol. The molecule has 1 aliphatic carbocycles. The largest absolute Gasteiger partial charge is 0.488 e. The lowest BCUT2D eigenvalue weighted by Crippen LogP contribution is -2.31. The maximum Gasteiger partial charge on any atom is 0.172 e. The molecule has 1 saturated heterocycles. The molecule has 0 unspecified atom stereocenters. The molecule has 2 aliphatic rings. The summed E-state index contributed by atoms with van der Waals surface area (Å²) in [4.78, 5) is 0. The molecule has 2 aromatic carbocycles. The van der Waals surface area contributed by atoms with Gasteiger partial charge in [-0.15, -0.1) is 0 Å². The number of ether oxygens (including phenoxy) is 3. The van der Waals surface area contributed by atoms with Crippen molar-refractivity contribution in [3.8, 4) is 5.75 Å². The summed E-state index contributed by atoms with van der Waals surface area (Å²) in [6.07, 6.45) is 5.01. The Bertz CT molecular complexity index is 715. The molecule has 0 bridgehead atoms. The average Bonchev–Trinajstić information content (AvgIpc) is 3.10. The van der Waals surface area contributed by atoms with Gasteiger partial charge in [-0.25, -0.2) is 0 Å². The van der Waals surface area contributed by atoms with Crippen LogP contribution in [-0.4, -0.2) is 19.0 Å². The first-order chi connectivity index (χ1) is 11.8. The zero-order chi connectivity index (χ0) is 16.2. The van der Waals surface area contributed by atoms with Gasteiger partial charge in [0.2, 0.25) is 0 Å². The summed E-state index contributed by atoms with van der Waals surface area (Å²) in [5.41, 5.74) is 3.80. The predicted molar refractivity (Wildman–Crippen MR) is 92.5 cm³/mol. The van der Waals surface area contributed by atoms with Crippen LogP contribution in [0.2, 0.25) is 0 Å². The molecular formula is C21H21O3. The quantitative estimate of drug-likeness (QED) is 0.836. The summed E-state index contributed by atoms with van der Waals surface area (Å²) in [6, 6.07) is 19.3. The maximum absolute atomic E-state index is 5.80. The van der Waals surface area contributed by atoms with E-state index in [-0.39, 0.29) is 5.79 Å². The Morgan fingerprint density at radius 2 is 2.00 bits per heavy atom. The summed E-state index contributed by atoms with van der Waals surface area (Å²) in [5.74, 6) is 0.421. The summed E-state index contributed by atoms with van der Waals surface area (Å²) in [7, 11) is 0. The molecule has 0 aromatic heterocycles. The van der Waals surface area contributed by atoms with Crippen molar-refractivity contribution in [2.45, 2.75) is 31.7 Å². The van der Waals surface area contributed by atoms with E-state index in [0.29, 0.717) is 19.8 Å². The van der Waals surface area contributed by atoms with Crippen molar-refractivity contribution in [3.05, 3.63) is 71.8 Å². The van der Waals surface area contributed by atoms with Gasteiger partial charge in [-0.2, -0.15) is 0 Å². The van der Waals surface area contributed by atoms with E-state index >= 15 is 0 Å². The second kappa shape index (κ2) is 6.80. The monoisotopic (exact) mass is 321 g/mol. The van der Waals surface area contributed by atoms with Crippen molar-refractivity contribution in [2.75, 3.05) is 13.2 Å². The van der Waals surface area contributed by atoms with Crippen molar-refractivity contribution >= 4 is 5.57 Å². The van der Waals surface area contributed by atoms with Crippen molar-refractivity contribution < 1.29 is 14.2 Å². The van der Waals surface area contributed by atoms with Crippen molar-refractivity contribution in [2.24, 2.45) is 0 Å². The summed E-state index contributed by atoms with van der Waals surface area (Å²) >= 11 is 0. The van der Waals surface area contributed by atoms with Crippen LogP contribution in [-0.2, 0) is 16.1 Å². The van der Waals surface area contributed by atoms with Crippen LogP contribution in [0.5, 0.6) is 5.75 Å². The predicted octanol–water partition coefficient (Wildman–Crippen LogP) is 4.38. The third-order valence-corrected chi connectivity index (χ3v) is 4.62. The normalized spacial score (nSPS) is 19.2. The second-order valence-electron chi connectivity index (χ2n) is 6.26. The van der Waals surface area contributed by atoms with E-state index in [1.807, 2.05) is 24.3 Å². The third kappa shape index (κ3) is 3.37. The molecule has 24 heavy (non-hydrogen) atoms. The lowest BCUT2D eigenvalue weighted by atomic mass is 9.89. The molecule has 123 valence electrons. The van der Waals surface area contributed by atoms with E-state index in [2.05, 4.69) is 36.4 Å². The first-order valence-electron chi connectivity index (χ1n) is 8.49.